The molecule has 18 heavy (non-hydrogen) atoms. The fourth-order valence-corrected chi connectivity index (χ4v) is 2.36. The molecule has 88 valence electrons. The molecule has 3 aromatic rings. The van der Waals surface area contributed by atoms with Crippen LogP contribution in [0, 0.1) is 0 Å². The first-order chi connectivity index (χ1) is 8.86. The molecule has 1 aromatic heterocycles. The van der Waals surface area contributed by atoms with Crippen molar-refractivity contribution in [2.45, 2.75) is 0 Å². The first kappa shape index (κ1) is 11.2. The van der Waals surface area contributed by atoms with E-state index in [9.17, 15) is 0 Å². The monoisotopic (exact) mass is 299 g/mol. The van der Waals surface area contributed by atoms with Gasteiger partial charge in [0.2, 0.25) is 0 Å². The van der Waals surface area contributed by atoms with Gasteiger partial charge >= 0.3 is 0 Å². The number of aromatic nitrogens is 3. The third-order valence-electron chi connectivity index (χ3n) is 2.66. The van der Waals surface area contributed by atoms with Gasteiger partial charge in [0.05, 0.1) is 5.69 Å². The maximum atomic E-state index is 4.23. The highest BCUT2D eigenvalue weighted by molar-refractivity contribution is 9.10. The zero-order chi connectivity index (χ0) is 12.4. The van der Waals surface area contributed by atoms with Gasteiger partial charge < -0.3 is 0 Å². The lowest BCUT2D eigenvalue weighted by Gasteiger charge is -2.01. The number of rotatable bonds is 2. The minimum absolute atomic E-state index is 0.847. The summed E-state index contributed by atoms with van der Waals surface area (Å²) in [6.07, 6.45) is 0. The van der Waals surface area contributed by atoms with Crippen LogP contribution in [0.2, 0.25) is 0 Å². The van der Waals surface area contributed by atoms with Gasteiger partial charge in [0.1, 0.15) is 10.3 Å². The fourth-order valence-electron chi connectivity index (χ4n) is 1.78. The molecule has 0 aliphatic rings. The Bertz CT molecular complexity index is 590. The van der Waals surface area contributed by atoms with Gasteiger partial charge in [0.25, 0.3) is 0 Å². The topological polar surface area (TPSA) is 30.7 Å². The number of para-hydroxylation sites is 1. The largest absolute Gasteiger partial charge is 0.206 e. The summed E-state index contributed by atoms with van der Waals surface area (Å²) in [6.45, 7) is 0. The standard InChI is InChI=1S/C14H10BrN3/c15-14-13(11-7-3-1-4-8-11)16-17-18(14)12-9-5-2-6-10-12/h1-10H. The second-order valence-corrected chi connectivity index (χ2v) is 4.59. The van der Waals surface area contributed by atoms with Crippen LogP contribution in [0.25, 0.3) is 16.9 Å². The molecule has 0 radical (unpaired) electrons. The van der Waals surface area contributed by atoms with Crippen molar-refractivity contribution in [3.8, 4) is 16.9 Å². The predicted molar refractivity (Wildman–Crippen MR) is 74.5 cm³/mol. The molecule has 0 amide bonds. The molecule has 3 rings (SSSR count). The summed E-state index contributed by atoms with van der Waals surface area (Å²) in [5.41, 5.74) is 2.88. The summed E-state index contributed by atoms with van der Waals surface area (Å²) >= 11 is 3.56. The van der Waals surface area contributed by atoms with Crippen LogP contribution in [0.3, 0.4) is 0 Å². The van der Waals surface area contributed by atoms with Crippen LogP contribution < -0.4 is 0 Å². The van der Waals surface area contributed by atoms with E-state index in [2.05, 4.69) is 26.2 Å². The molecule has 0 unspecified atom stereocenters. The Morgan fingerprint density at radius 3 is 2.11 bits per heavy atom. The SMILES string of the molecule is Brc1c(-c2ccccc2)nnn1-c1ccccc1. The molecule has 0 atom stereocenters. The van der Waals surface area contributed by atoms with Gasteiger partial charge in [0, 0.05) is 5.56 Å². The third kappa shape index (κ3) is 1.95. The van der Waals surface area contributed by atoms with Crippen LogP contribution in [-0.2, 0) is 0 Å². The van der Waals surface area contributed by atoms with E-state index in [4.69, 9.17) is 0 Å². The zero-order valence-electron chi connectivity index (χ0n) is 9.49. The summed E-state index contributed by atoms with van der Waals surface area (Å²) < 4.78 is 2.64. The van der Waals surface area contributed by atoms with Crippen LogP contribution in [0.5, 0.6) is 0 Å². The van der Waals surface area contributed by atoms with Gasteiger partial charge in [-0.2, -0.15) is 0 Å². The van der Waals surface area contributed by atoms with E-state index in [-0.39, 0.29) is 0 Å². The zero-order valence-corrected chi connectivity index (χ0v) is 11.1. The van der Waals surface area contributed by atoms with Gasteiger partial charge in [-0.3, -0.25) is 0 Å². The van der Waals surface area contributed by atoms with Crippen molar-refractivity contribution < 1.29 is 0 Å². The second kappa shape index (κ2) is 4.74. The van der Waals surface area contributed by atoms with Crippen LogP contribution in [0.15, 0.2) is 65.3 Å². The molecular weight excluding hydrogens is 290 g/mol. The molecule has 0 N–H and O–H groups in total. The molecule has 0 saturated carbocycles. The normalized spacial score (nSPS) is 10.5. The van der Waals surface area contributed by atoms with Crippen molar-refractivity contribution in [1.82, 2.24) is 15.0 Å². The Hall–Kier alpha value is -1.94. The third-order valence-corrected chi connectivity index (χ3v) is 3.38. The van der Waals surface area contributed by atoms with Gasteiger partial charge in [-0.05, 0) is 28.1 Å². The second-order valence-electron chi connectivity index (χ2n) is 3.84. The maximum absolute atomic E-state index is 4.23. The van der Waals surface area contributed by atoms with Crippen molar-refractivity contribution >= 4 is 15.9 Å². The quantitative estimate of drug-likeness (QED) is 0.722. The number of nitrogens with zero attached hydrogens (tertiary/aromatic N) is 3. The van der Waals surface area contributed by atoms with E-state index in [1.54, 1.807) is 4.68 Å². The van der Waals surface area contributed by atoms with E-state index in [0.717, 1.165) is 21.5 Å². The Morgan fingerprint density at radius 2 is 1.44 bits per heavy atom. The molecule has 3 nitrogen and oxygen atoms in total. The molecule has 4 heteroatoms. The predicted octanol–water partition coefficient (Wildman–Crippen LogP) is 3.70. The highest BCUT2D eigenvalue weighted by Crippen LogP contribution is 2.27. The molecule has 2 aromatic carbocycles. The van der Waals surface area contributed by atoms with E-state index in [1.807, 2.05) is 60.7 Å². The Morgan fingerprint density at radius 1 is 0.833 bits per heavy atom. The lowest BCUT2D eigenvalue weighted by molar-refractivity contribution is 0.792. The van der Waals surface area contributed by atoms with Gasteiger partial charge in [0.15, 0.2) is 0 Å². The lowest BCUT2D eigenvalue weighted by atomic mass is 10.2. The lowest BCUT2D eigenvalue weighted by Crippen LogP contribution is -1.96. The van der Waals surface area contributed by atoms with Crippen molar-refractivity contribution in [3.63, 3.8) is 0 Å². The molecule has 0 fully saturated rings. The number of hydrogen-bond donors (Lipinski definition) is 0. The molecule has 0 saturated heterocycles. The van der Waals surface area contributed by atoms with E-state index >= 15 is 0 Å². The van der Waals surface area contributed by atoms with E-state index in [0.29, 0.717) is 0 Å². The first-order valence-corrected chi connectivity index (χ1v) is 6.37. The van der Waals surface area contributed by atoms with Gasteiger partial charge in [-0.25, -0.2) is 4.68 Å². The number of hydrogen-bond acceptors (Lipinski definition) is 2. The molecule has 0 spiro atoms. The molecule has 1 heterocycles. The summed E-state index contributed by atoms with van der Waals surface area (Å²) in [7, 11) is 0. The summed E-state index contributed by atoms with van der Waals surface area (Å²) in [4.78, 5) is 0. The van der Waals surface area contributed by atoms with Crippen molar-refractivity contribution in [2.75, 3.05) is 0 Å². The van der Waals surface area contributed by atoms with E-state index in [1.165, 1.54) is 0 Å². The van der Waals surface area contributed by atoms with E-state index < -0.39 is 0 Å². The van der Waals surface area contributed by atoms with Crippen molar-refractivity contribution in [1.29, 1.82) is 0 Å². The van der Waals surface area contributed by atoms with Gasteiger partial charge in [-0.15, -0.1) is 5.10 Å². The minimum atomic E-state index is 0.847. The van der Waals surface area contributed by atoms with Crippen LogP contribution >= 0.6 is 15.9 Å². The fraction of sp³-hybridized carbons (Fsp3) is 0. The Balaban J connectivity index is 2.09. The average molecular weight is 300 g/mol. The summed E-state index contributed by atoms with van der Waals surface area (Å²) in [5, 5.41) is 8.41. The molecule has 0 aliphatic carbocycles. The summed E-state index contributed by atoms with van der Waals surface area (Å²) in [5.74, 6) is 0. The van der Waals surface area contributed by atoms with Crippen LogP contribution in [0.1, 0.15) is 0 Å². The highest BCUT2D eigenvalue weighted by Gasteiger charge is 2.12. The Kier molecular flexibility index (Phi) is 2.94. The highest BCUT2D eigenvalue weighted by atomic mass is 79.9. The molecule has 0 bridgehead atoms. The summed E-state index contributed by atoms with van der Waals surface area (Å²) in [6, 6.07) is 19.9. The average Bonchev–Trinajstić information content (AvgIpc) is 2.83. The molecular formula is C14H10BrN3. The van der Waals surface area contributed by atoms with Crippen LogP contribution in [-0.4, -0.2) is 15.0 Å². The van der Waals surface area contributed by atoms with Crippen molar-refractivity contribution in [2.24, 2.45) is 0 Å². The Labute approximate surface area is 113 Å². The first-order valence-electron chi connectivity index (χ1n) is 5.58. The maximum Gasteiger partial charge on any atom is 0.138 e. The smallest absolute Gasteiger partial charge is 0.138 e. The number of benzene rings is 2. The molecule has 0 aliphatic heterocycles. The minimum Gasteiger partial charge on any atom is -0.206 e. The van der Waals surface area contributed by atoms with Gasteiger partial charge in [-0.1, -0.05) is 53.7 Å². The van der Waals surface area contributed by atoms with Crippen LogP contribution in [0.4, 0.5) is 0 Å². The number of halogens is 1. The van der Waals surface area contributed by atoms with Crippen molar-refractivity contribution in [3.05, 3.63) is 65.3 Å².